The first-order valence-corrected chi connectivity index (χ1v) is 7.01. The summed E-state index contributed by atoms with van der Waals surface area (Å²) in [6.45, 7) is 10.3. The molecule has 0 spiro atoms. The highest BCUT2D eigenvalue weighted by molar-refractivity contribution is 5.68. The second-order valence-electron chi connectivity index (χ2n) is 6.37. The summed E-state index contributed by atoms with van der Waals surface area (Å²) in [6, 6.07) is 0. The number of hydrogen-bond acceptors (Lipinski definition) is 3. The fourth-order valence-electron chi connectivity index (χ4n) is 2.39. The monoisotopic (exact) mass is 256 g/mol. The molecule has 1 amide bonds. The molecule has 0 aromatic heterocycles. The summed E-state index contributed by atoms with van der Waals surface area (Å²) in [5.74, 6) is 1.19. The Kier molecular flexibility index (Phi) is 5.45. The Morgan fingerprint density at radius 1 is 1.39 bits per heavy atom. The third-order valence-electron chi connectivity index (χ3n) is 3.60. The number of hydrogen-bond donors (Lipinski definition) is 1. The normalized spacial score (nSPS) is 23.4. The lowest BCUT2D eigenvalue weighted by Gasteiger charge is -2.26. The molecule has 4 heteroatoms. The number of rotatable bonds is 2. The molecule has 106 valence electrons. The van der Waals surface area contributed by atoms with Gasteiger partial charge in [-0.25, -0.2) is 4.79 Å². The van der Waals surface area contributed by atoms with E-state index in [1.54, 1.807) is 0 Å². The van der Waals surface area contributed by atoms with E-state index in [1.807, 2.05) is 25.7 Å². The van der Waals surface area contributed by atoms with Gasteiger partial charge in [-0.15, -0.1) is 0 Å². The van der Waals surface area contributed by atoms with Crippen molar-refractivity contribution in [1.82, 2.24) is 4.90 Å². The molecule has 2 unspecified atom stereocenters. The summed E-state index contributed by atoms with van der Waals surface area (Å²) in [5, 5.41) is 0. The number of nitrogens with two attached hydrogens (primary N) is 1. The van der Waals surface area contributed by atoms with Crippen LogP contribution in [0.2, 0.25) is 0 Å². The summed E-state index contributed by atoms with van der Waals surface area (Å²) in [6.07, 6.45) is 3.08. The van der Waals surface area contributed by atoms with Crippen LogP contribution in [-0.4, -0.2) is 36.2 Å². The van der Waals surface area contributed by atoms with E-state index >= 15 is 0 Å². The summed E-state index contributed by atoms with van der Waals surface area (Å²) in [7, 11) is 0. The standard InChI is InChI=1S/C14H28N2O2/c1-11(10-15)12-6-5-8-16(9-7-12)13(17)18-14(2,3)4/h11-12H,5-10,15H2,1-4H3. The van der Waals surface area contributed by atoms with Crippen LogP contribution in [0.3, 0.4) is 0 Å². The molecule has 1 rings (SSSR count). The average molecular weight is 256 g/mol. The molecule has 2 N–H and O–H groups in total. The Morgan fingerprint density at radius 3 is 2.61 bits per heavy atom. The Balaban J connectivity index is 2.49. The van der Waals surface area contributed by atoms with Gasteiger partial charge in [-0.2, -0.15) is 0 Å². The van der Waals surface area contributed by atoms with Crippen molar-refractivity contribution >= 4 is 6.09 Å². The highest BCUT2D eigenvalue weighted by Gasteiger charge is 2.26. The number of amides is 1. The molecule has 18 heavy (non-hydrogen) atoms. The van der Waals surface area contributed by atoms with Gasteiger partial charge in [-0.1, -0.05) is 6.92 Å². The van der Waals surface area contributed by atoms with Crippen LogP contribution in [0, 0.1) is 11.8 Å². The number of nitrogens with zero attached hydrogens (tertiary/aromatic N) is 1. The molecule has 1 heterocycles. The molecule has 0 aliphatic carbocycles. The van der Waals surface area contributed by atoms with Crippen LogP contribution in [0.25, 0.3) is 0 Å². The highest BCUT2D eigenvalue weighted by atomic mass is 16.6. The predicted molar refractivity (Wildman–Crippen MR) is 73.4 cm³/mol. The Hall–Kier alpha value is -0.770. The third kappa shape index (κ3) is 4.84. The molecule has 1 aliphatic heterocycles. The van der Waals surface area contributed by atoms with Gasteiger partial charge < -0.3 is 15.4 Å². The minimum Gasteiger partial charge on any atom is -0.444 e. The third-order valence-corrected chi connectivity index (χ3v) is 3.60. The van der Waals surface area contributed by atoms with E-state index in [0.29, 0.717) is 11.8 Å². The molecule has 2 atom stereocenters. The average Bonchev–Trinajstić information content (AvgIpc) is 2.51. The molecule has 1 saturated heterocycles. The minimum atomic E-state index is -0.409. The molecule has 0 radical (unpaired) electrons. The fraction of sp³-hybridized carbons (Fsp3) is 0.929. The van der Waals surface area contributed by atoms with Crippen LogP contribution < -0.4 is 5.73 Å². The predicted octanol–water partition coefficient (Wildman–Crippen LogP) is 2.62. The van der Waals surface area contributed by atoms with E-state index < -0.39 is 5.60 Å². The van der Waals surface area contributed by atoms with Crippen LogP contribution in [0.15, 0.2) is 0 Å². The Bertz CT molecular complexity index is 273. The van der Waals surface area contributed by atoms with Gasteiger partial charge in [0.15, 0.2) is 0 Å². The van der Waals surface area contributed by atoms with Crippen molar-refractivity contribution in [2.24, 2.45) is 17.6 Å². The van der Waals surface area contributed by atoms with Gasteiger partial charge in [0.1, 0.15) is 5.60 Å². The van der Waals surface area contributed by atoms with E-state index in [2.05, 4.69) is 6.92 Å². The topological polar surface area (TPSA) is 55.6 Å². The lowest BCUT2D eigenvalue weighted by Crippen LogP contribution is -2.37. The number of ether oxygens (including phenoxy) is 1. The maximum Gasteiger partial charge on any atom is 0.410 e. The van der Waals surface area contributed by atoms with Crippen molar-refractivity contribution in [2.75, 3.05) is 19.6 Å². The van der Waals surface area contributed by atoms with Crippen molar-refractivity contribution in [3.63, 3.8) is 0 Å². The maximum atomic E-state index is 12.0. The van der Waals surface area contributed by atoms with Crippen LogP contribution in [-0.2, 0) is 4.74 Å². The lowest BCUT2D eigenvalue weighted by atomic mass is 9.88. The van der Waals surface area contributed by atoms with Gasteiger partial charge >= 0.3 is 6.09 Å². The van der Waals surface area contributed by atoms with Crippen LogP contribution in [0.1, 0.15) is 47.0 Å². The van der Waals surface area contributed by atoms with E-state index in [0.717, 1.165) is 38.9 Å². The molecular weight excluding hydrogens is 228 g/mol. The summed E-state index contributed by atoms with van der Waals surface area (Å²) < 4.78 is 5.42. The van der Waals surface area contributed by atoms with Gasteiger partial charge in [0, 0.05) is 13.1 Å². The zero-order chi connectivity index (χ0) is 13.8. The smallest absolute Gasteiger partial charge is 0.410 e. The van der Waals surface area contributed by atoms with Crippen molar-refractivity contribution in [2.45, 2.75) is 52.6 Å². The number of likely N-dealkylation sites (tertiary alicyclic amines) is 1. The fourth-order valence-corrected chi connectivity index (χ4v) is 2.39. The van der Waals surface area contributed by atoms with Crippen molar-refractivity contribution in [1.29, 1.82) is 0 Å². The van der Waals surface area contributed by atoms with Crippen molar-refractivity contribution in [3.8, 4) is 0 Å². The van der Waals surface area contributed by atoms with Crippen LogP contribution in [0.4, 0.5) is 4.79 Å². The Labute approximate surface area is 111 Å². The van der Waals surface area contributed by atoms with E-state index in [9.17, 15) is 4.79 Å². The second kappa shape index (κ2) is 6.41. The summed E-state index contributed by atoms with van der Waals surface area (Å²) >= 11 is 0. The molecule has 1 aliphatic rings. The SMILES string of the molecule is CC(CN)C1CCCN(C(=O)OC(C)(C)C)CC1. The van der Waals surface area contributed by atoms with E-state index in [4.69, 9.17) is 10.5 Å². The molecular formula is C14H28N2O2. The van der Waals surface area contributed by atoms with Crippen molar-refractivity contribution < 1.29 is 9.53 Å². The van der Waals surface area contributed by atoms with Gasteiger partial charge in [0.25, 0.3) is 0 Å². The largest absolute Gasteiger partial charge is 0.444 e. The van der Waals surface area contributed by atoms with Gasteiger partial charge in [0.2, 0.25) is 0 Å². The number of carbonyl (C=O) groups is 1. The molecule has 0 aromatic rings. The van der Waals surface area contributed by atoms with Gasteiger partial charge in [-0.05, 0) is 58.4 Å². The quantitative estimate of drug-likeness (QED) is 0.826. The minimum absolute atomic E-state index is 0.177. The van der Waals surface area contributed by atoms with Crippen LogP contribution >= 0.6 is 0 Å². The molecule has 0 aromatic carbocycles. The first kappa shape index (κ1) is 15.3. The summed E-state index contributed by atoms with van der Waals surface area (Å²) in [4.78, 5) is 13.8. The summed E-state index contributed by atoms with van der Waals surface area (Å²) in [5.41, 5.74) is 5.32. The zero-order valence-electron chi connectivity index (χ0n) is 12.2. The first-order chi connectivity index (χ1) is 8.33. The number of carbonyl (C=O) groups excluding carboxylic acids is 1. The molecule has 0 bridgehead atoms. The van der Waals surface area contributed by atoms with E-state index in [-0.39, 0.29) is 6.09 Å². The van der Waals surface area contributed by atoms with Crippen molar-refractivity contribution in [3.05, 3.63) is 0 Å². The Morgan fingerprint density at radius 2 is 2.06 bits per heavy atom. The highest BCUT2D eigenvalue weighted by Crippen LogP contribution is 2.25. The van der Waals surface area contributed by atoms with E-state index in [1.165, 1.54) is 0 Å². The van der Waals surface area contributed by atoms with Gasteiger partial charge in [-0.3, -0.25) is 0 Å². The second-order valence-corrected chi connectivity index (χ2v) is 6.37. The zero-order valence-corrected chi connectivity index (χ0v) is 12.2. The van der Waals surface area contributed by atoms with Crippen LogP contribution in [0.5, 0.6) is 0 Å². The molecule has 4 nitrogen and oxygen atoms in total. The molecule has 0 saturated carbocycles. The first-order valence-electron chi connectivity index (χ1n) is 7.01. The maximum absolute atomic E-state index is 12.0. The lowest BCUT2D eigenvalue weighted by molar-refractivity contribution is 0.0254. The molecule has 1 fully saturated rings. The van der Waals surface area contributed by atoms with Gasteiger partial charge in [0.05, 0.1) is 0 Å².